The SMILES string of the molecule is CCOC(=O)c1ccn(-c2cccc(NC(=O)C(C)N3C(=O)NC4(CCCC4)C3=O)c2)n1. The Balaban J connectivity index is 1.47. The highest BCUT2D eigenvalue weighted by atomic mass is 16.5. The van der Waals surface area contributed by atoms with Crippen LogP contribution in [0.25, 0.3) is 5.69 Å². The number of anilines is 1. The van der Waals surface area contributed by atoms with Crippen molar-refractivity contribution in [3.05, 3.63) is 42.2 Å². The molecule has 2 aliphatic rings. The maximum absolute atomic E-state index is 12.9. The number of hydrogen-bond acceptors (Lipinski definition) is 6. The number of urea groups is 1. The number of esters is 1. The van der Waals surface area contributed by atoms with Gasteiger partial charge in [0.1, 0.15) is 11.6 Å². The van der Waals surface area contributed by atoms with Gasteiger partial charge in [-0.05, 0) is 51.0 Å². The molecule has 1 atom stereocenters. The molecule has 32 heavy (non-hydrogen) atoms. The minimum Gasteiger partial charge on any atom is -0.461 e. The fourth-order valence-electron chi connectivity index (χ4n) is 4.18. The van der Waals surface area contributed by atoms with Crippen LogP contribution in [0.15, 0.2) is 36.5 Å². The van der Waals surface area contributed by atoms with E-state index in [2.05, 4.69) is 15.7 Å². The molecular weight excluding hydrogens is 414 g/mol. The van der Waals surface area contributed by atoms with Gasteiger partial charge < -0.3 is 15.4 Å². The maximum atomic E-state index is 12.9. The van der Waals surface area contributed by atoms with Crippen LogP contribution < -0.4 is 10.6 Å². The number of carbonyl (C=O) groups excluding carboxylic acids is 4. The Labute approximate surface area is 184 Å². The predicted octanol–water partition coefficient (Wildman–Crippen LogP) is 2.24. The summed E-state index contributed by atoms with van der Waals surface area (Å²) < 4.78 is 6.44. The number of carbonyl (C=O) groups is 4. The van der Waals surface area contributed by atoms with Gasteiger partial charge in [-0.25, -0.2) is 19.2 Å². The van der Waals surface area contributed by atoms with E-state index >= 15 is 0 Å². The molecule has 168 valence electrons. The molecule has 1 aliphatic carbocycles. The average Bonchev–Trinajstić information content (AvgIpc) is 3.49. The zero-order valence-electron chi connectivity index (χ0n) is 18.0. The van der Waals surface area contributed by atoms with Crippen LogP contribution in [0.3, 0.4) is 0 Å². The van der Waals surface area contributed by atoms with Crippen LogP contribution in [0, 0.1) is 0 Å². The van der Waals surface area contributed by atoms with E-state index in [4.69, 9.17) is 4.74 Å². The summed E-state index contributed by atoms with van der Waals surface area (Å²) in [5, 5.41) is 9.74. The molecule has 4 rings (SSSR count). The van der Waals surface area contributed by atoms with Crippen molar-refractivity contribution in [2.75, 3.05) is 11.9 Å². The Morgan fingerprint density at radius 1 is 1.25 bits per heavy atom. The monoisotopic (exact) mass is 439 g/mol. The van der Waals surface area contributed by atoms with Crippen LogP contribution in [0.5, 0.6) is 0 Å². The number of aromatic nitrogens is 2. The molecule has 1 aliphatic heterocycles. The second kappa shape index (κ2) is 8.45. The van der Waals surface area contributed by atoms with Crippen LogP contribution in [0.4, 0.5) is 10.5 Å². The van der Waals surface area contributed by atoms with Crippen molar-refractivity contribution in [3.8, 4) is 5.69 Å². The number of nitrogens with one attached hydrogen (secondary N) is 2. The molecule has 1 unspecified atom stereocenters. The summed E-state index contributed by atoms with van der Waals surface area (Å²) in [6.07, 6.45) is 4.56. The van der Waals surface area contributed by atoms with Gasteiger partial charge in [-0.1, -0.05) is 18.9 Å². The number of hydrogen-bond donors (Lipinski definition) is 2. The lowest BCUT2D eigenvalue weighted by Crippen LogP contribution is -2.48. The van der Waals surface area contributed by atoms with E-state index < -0.39 is 29.5 Å². The summed E-state index contributed by atoms with van der Waals surface area (Å²) in [6.45, 7) is 3.50. The first-order chi connectivity index (χ1) is 15.3. The van der Waals surface area contributed by atoms with Crippen LogP contribution in [0.2, 0.25) is 0 Å². The number of ether oxygens (including phenoxy) is 1. The summed E-state index contributed by atoms with van der Waals surface area (Å²) in [5.41, 5.74) is 0.401. The largest absolute Gasteiger partial charge is 0.461 e. The van der Waals surface area contributed by atoms with Gasteiger partial charge >= 0.3 is 12.0 Å². The fraction of sp³-hybridized carbons (Fsp3) is 0.409. The standard InChI is InChI=1S/C22H25N5O5/c1-3-32-19(29)17-9-12-26(25-17)16-8-6-7-15(13-16)23-18(28)14(2)27-20(30)22(24-21(27)31)10-4-5-11-22/h6-9,12-14H,3-5,10-11H2,1-2H3,(H,23,28)(H,24,31). The third-order valence-electron chi connectivity index (χ3n) is 5.87. The smallest absolute Gasteiger partial charge is 0.358 e. The number of imide groups is 1. The van der Waals surface area contributed by atoms with Crippen molar-refractivity contribution in [2.45, 2.75) is 51.1 Å². The van der Waals surface area contributed by atoms with Crippen molar-refractivity contribution < 1.29 is 23.9 Å². The van der Waals surface area contributed by atoms with Crippen LogP contribution in [-0.2, 0) is 14.3 Å². The number of rotatable bonds is 6. The van der Waals surface area contributed by atoms with Gasteiger partial charge in [0.2, 0.25) is 5.91 Å². The van der Waals surface area contributed by atoms with E-state index in [-0.39, 0.29) is 18.2 Å². The molecule has 2 heterocycles. The maximum Gasteiger partial charge on any atom is 0.358 e. The van der Waals surface area contributed by atoms with Crippen molar-refractivity contribution in [1.29, 1.82) is 0 Å². The predicted molar refractivity (Wildman–Crippen MR) is 114 cm³/mol. The quantitative estimate of drug-likeness (QED) is 0.526. The molecule has 1 saturated heterocycles. The zero-order valence-corrected chi connectivity index (χ0v) is 18.0. The Kier molecular flexibility index (Phi) is 5.68. The van der Waals surface area contributed by atoms with E-state index in [9.17, 15) is 19.2 Å². The summed E-state index contributed by atoms with van der Waals surface area (Å²) in [5.74, 6) is -1.33. The topological polar surface area (TPSA) is 123 Å². The highest BCUT2D eigenvalue weighted by Gasteiger charge is 2.54. The molecule has 2 aromatic rings. The highest BCUT2D eigenvalue weighted by molar-refractivity contribution is 6.11. The van der Waals surface area contributed by atoms with E-state index in [1.165, 1.54) is 11.6 Å². The second-order valence-electron chi connectivity index (χ2n) is 7.98. The first-order valence-corrected chi connectivity index (χ1v) is 10.6. The minimum absolute atomic E-state index is 0.175. The number of benzene rings is 1. The number of nitrogens with zero attached hydrogens (tertiary/aromatic N) is 3. The van der Waals surface area contributed by atoms with Gasteiger partial charge in [0.25, 0.3) is 5.91 Å². The molecule has 10 heteroatoms. The molecule has 2 fully saturated rings. The summed E-state index contributed by atoms with van der Waals surface area (Å²) >= 11 is 0. The van der Waals surface area contributed by atoms with Crippen LogP contribution >= 0.6 is 0 Å². The molecule has 0 radical (unpaired) electrons. The summed E-state index contributed by atoms with van der Waals surface area (Å²) in [6, 6.07) is 6.90. The molecule has 4 amide bonds. The minimum atomic E-state index is -0.966. The van der Waals surface area contributed by atoms with Gasteiger partial charge in [0.15, 0.2) is 5.69 Å². The first kappa shape index (κ1) is 21.5. The molecule has 1 aromatic carbocycles. The van der Waals surface area contributed by atoms with Crippen molar-refractivity contribution in [2.24, 2.45) is 0 Å². The van der Waals surface area contributed by atoms with E-state index in [1.54, 1.807) is 43.5 Å². The van der Waals surface area contributed by atoms with Crippen LogP contribution in [-0.4, -0.2) is 56.7 Å². The van der Waals surface area contributed by atoms with E-state index in [1.807, 2.05) is 0 Å². The Bertz CT molecular complexity index is 1070. The molecular formula is C22H25N5O5. The molecule has 0 bridgehead atoms. The Hall–Kier alpha value is -3.69. The molecule has 1 aromatic heterocycles. The second-order valence-corrected chi connectivity index (χ2v) is 7.98. The lowest BCUT2D eigenvalue weighted by Gasteiger charge is -2.23. The fourth-order valence-corrected chi connectivity index (χ4v) is 4.18. The van der Waals surface area contributed by atoms with Gasteiger partial charge in [0, 0.05) is 11.9 Å². The van der Waals surface area contributed by atoms with E-state index in [0.717, 1.165) is 17.7 Å². The van der Waals surface area contributed by atoms with Crippen molar-refractivity contribution >= 4 is 29.5 Å². The Morgan fingerprint density at radius 3 is 2.72 bits per heavy atom. The van der Waals surface area contributed by atoms with Gasteiger partial charge in [-0.2, -0.15) is 5.10 Å². The lowest BCUT2D eigenvalue weighted by atomic mass is 9.97. The summed E-state index contributed by atoms with van der Waals surface area (Å²) in [7, 11) is 0. The average molecular weight is 439 g/mol. The zero-order chi connectivity index (χ0) is 22.9. The van der Waals surface area contributed by atoms with Gasteiger partial charge in [0.05, 0.1) is 12.3 Å². The molecule has 10 nitrogen and oxygen atoms in total. The third kappa shape index (κ3) is 3.83. The lowest BCUT2D eigenvalue weighted by molar-refractivity contribution is -0.136. The molecule has 1 saturated carbocycles. The third-order valence-corrected chi connectivity index (χ3v) is 5.87. The molecule has 1 spiro atoms. The van der Waals surface area contributed by atoms with Gasteiger partial charge in [-0.3, -0.25) is 9.59 Å². The van der Waals surface area contributed by atoms with Gasteiger partial charge in [-0.15, -0.1) is 0 Å². The number of amides is 4. The summed E-state index contributed by atoms with van der Waals surface area (Å²) in [4.78, 5) is 51.0. The highest BCUT2D eigenvalue weighted by Crippen LogP contribution is 2.35. The Morgan fingerprint density at radius 2 is 2.00 bits per heavy atom. The normalized spacial score (nSPS) is 18.0. The first-order valence-electron chi connectivity index (χ1n) is 10.6. The molecule has 2 N–H and O–H groups in total. The van der Waals surface area contributed by atoms with Crippen molar-refractivity contribution in [3.63, 3.8) is 0 Å². The van der Waals surface area contributed by atoms with E-state index in [0.29, 0.717) is 24.2 Å². The van der Waals surface area contributed by atoms with Crippen molar-refractivity contribution in [1.82, 2.24) is 20.0 Å². The van der Waals surface area contributed by atoms with Crippen LogP contribution in [0.1, 0.15) is 50.0 Å².